The van der Waals surface area contributed by atoms with E-state index in [2.05, 4.69) is 31.8 Å². The number of carbonyl (C=O) groups excluding carboxylic acids is 2. The van der Waals surface area contributed by atoms with Crippen LogP contribution in [0.25, 0.3) is 0 Å². The van der Waals surface area contributed by atoms with Crippen LogP contribution in [0.4, 0.5) is 5.69 Å². The van der Waals surface area contributed by atoms with Crippen LogP contribution >= 0.6 is 39.1 Å². The molecule has 0 aliphatic carbocycles. The summed E-state index contributed by atoms with van der Waals surface area (Å²) < 4.78 is 0.783. The molecule has 0 aliphatic rings. The van der Waals surface area contributed by atoms with Crippen molar-refractivity contribution in [3.8, 4) is 0 Å². The van der Waals surface area contributed by atoms with Gasteiger partial charge in [-0.05, 0) is 36.4 Å². The van der Waals surface area contributed by atoms with Crippen molar-refractivity contribution >= 4 is 62.8 Å². The Balaban J connectivity index is 1.74. The Kier molecular flexibility index (Phi) is 7.04. The monoisotopic (exact) mass is 489 g/mol. The fraction of sp³-hybridized carbons (Fsp3) is 0. The van der Waals surface area contributed by atoms with Crippen LogP contribution in [0.2, 0.25) is 10.0 Å². The molecule has 0 radical (unpaired) electrons. The first-order valence-corrected chi connectivity index (χ1v) is 9.94. The molecule has 2 amide bonds. The minimum Gasteiger partial charge on any atom is -0.321 e. The maximum absolute atomic E-state index is 12.5. The van der Waals surface area contributed by atoms with E-state index in [1.165, 1.54) is 6.21 Å². The molecule has 5 nitrogen and oxygen atoms in total. The molecule has 0 spiro atoms. The number of nitrogens with one attached hydrogen (secondary N) is 2. The third-order valence-corrected chi connectivity index (χ3v) is 5.18. The van der Waals surface area contributed by atoms with Gasteiger partial charge in [0.2, 0.25) is 0 Å². The molecule has 8 heteroatoms. The van der Waals surface area contributed by atoms with Gasteiger partial charge in [-0.2, -0.15) is 5.10 Å². The van der Waals surface area contributed by atoms with Gasteiger partial charge in [-0.1, -0.05) is 69.5 Å². The highest BCUT2D eigenvalue weighted by molar-refractivity contribution is 9.10. The van der Waals surface area contributed by atoms with E-state index in [0.29, 0.717) is 26.9 Å². The number of anilines is 1. The first-order chi connectivity index (χ1) is 14.0. The minimum absolute atomic E-state index is 0.269. The van der Waals surface area contributed by atoms with Crippen LogP contribution in [0.1, 0.15) is 26.3 Å². The Hall–Kier alpha value is -2.67. The van der Waals surface area contributed by atoms with Crippen molar-refractivity contribution in [2.75, 3.05) is 5.32 Å². The minimum atomic E-state index is -0.482. The molecule has 0 aliphatic heterocycles. The highest BCUT2D eigenvalue weighted by Gasteiger charge is 2.14. The van der Waals surface area contributed by atoms with Gasteiger partial charge in [-0.15, -0.1) is 0 Å². The zero-order valence-corrected chi connectivity index (χ0v) is 17.9. The maximum Gasteiger partial charge on any atom is 0.273 e. The zero-order valence-electron chi connectivity index (χ0n) is 14.8. The lowest BCUT2D eigenvalue weighted by Crippen LogP contribution is -2.21. The van der Waals surface area contributed by atoms with E-state index in [1.807, 2.05) is 6.07 Å². The van der Waals surface area contributed by atoms with Crippen molar-refractivity contribution in [3.05, 3.63) is 97.9 Å². The van der Waals surface area contributed by atoms with Crippen molar-refractivity contribution in [2.24, 2.45) is 5.10 Å². The largest absolute Gasteiger partial charge is 0.321 e. The predicted molar refractivity (Wildman–Crippen MR) is 120 cm³/mol. The Morgan fingerprint density at radius 1 is 0.931 bits per heavy atom. The molecular weight excluding hydrogens is 477 g/mol. The molecule has 0 unspecified atom stereocenters. The van der Waals surface area contributed by atoms with E-state index >= 15 is 0 Å². The smallest absolute Gasteiger partial charge is 0.273 e. The average Bonchev–Trinajstić information content (AvgIpc) is 2.71. The normalized spacial score (nSPS) is 10.7. The average molecular weight is 491 g/mol. The second-order valence-electron chi connectivity index (χ2n) is 5.85. The van der Waals surface area contributed by atoms with Gasteiger partial charge < -0.3 is 5.32 Å². The summed E-state index contributed by atoms with van der Waals surface area (Å²) in [7, 11) is 0. The van der Waals surface area contributed by atoms with E-state index in [9.17, 15) is 9.59 Å². The maximum atomic E-state index is 12.5. The Morgan fingerprint density at radius 3 is 2.48 bits per heavy atom. The van der Waals surface area contributed by atoms with Crippen LogP contribution in [0, 0.1) is 0 Å². The van der Waals surface area contributed by atoms with Crippen molar-refractivity contribution < 1.29 is 9.59 Å². The highest BCUT2D eigenvalue weighted by atomic mass is 79.9. The van der Waals surface area contributed by atoms with Crippen LogP contribution < -0.4 is 10.7 Å². The molecule has 29 heavy (non-hydrogen) atoms. The van der Waals surface area contributed by atoms with E-state index in [1.54, 1.807) is 60.7 Å². The molecule has 3 aromatic rings. The summed E-state index contributed by atoms with van der Waals surface area (Å²) >= 11 is 15.4. The Bertz CT molecular complexity index is 1100. The third-order valence-electron chi connectivity index (χ3n) is 3.86. The molecule has 0 fully saturated rings. The molecule has 3 rings (SSSR count). The Morgan fingerprint density at radius 2 is 1.69 bits per heavy atom. The molecular formula is C21H14BrCl2N3O2. The highest BCUT2D eigenvalue weighted by Crippen LogP contribution is 2.24. The number of hydrazone groups is 1. The lowest BCUT2D eigenvalue weighted by molar-refractivity contribution is 0.0956. The second kappa shape index (κ2) is 9.69. The molecule has 0 aromatic heterocycles. The molecule has 0 atom stereocenters. The zero-order chi connectivity index (χ0) is 20.8. The summed E-state index contributed by atoms with van der Waals surface area (Å²) in [4.78, 5) is 25.0. The van der Waals surface area contributed by atoms with Gasteiger partial charge in [0.15, 0.2) is 0 Å². The van der Waals surface area contributed by atoms with E-state index in [-0.39, 0.29) is 11.5 Å². The molecule has 0 heterocycles. The standard InChI is InChI=1S/C21H14BrCl2N3O2/c22-15-7-3-5-13(11-15)20(28)26-18-10-2-1-8-16(18)21(29)27-25-12-14-6-4-9-17(23)19(14)24/h1-12H,(H,26,28)(H,27,29)/b25-12+. The molecule has 146 valence electrons. The number of para-hydroxylation sites is 1. The molecule has 0 saturated heterocycles. The number of amides is 2. The fourth-order valence-corrected chi connectivity index (χ4v) is 3.21. The summed E-state index contributed by atoms with van der Waals surface area (Å²) in [5, 5.41) is 7.40. The molecule has 3 aromatic carbocycles. The van der Waals surface area contributed by atoms with E-state index in [0.717, 1.165) is 4.47 Å². The van der Waals surface area contributed by atoms with Gasteiger partial charge >= 0.3 is 0 Å². The first kappa shape index (κ1) is 21.0. The van der Waals surface area contributed by atoms with Gasteiger partial charge in [0.25, 0.3) is 11.8 Å². The van der Waals surface area contributed by atoms with Crippen LogP contribution in [-0.2, 0) is 0 Å². The number of nitrogens with zero attached hydrogens (tertiary/aromatic N) is 1. The van der Waals surface area contributed by atoms with Crippen LogP contribution in [0.15, 0.2) is 76.3 Å². The van der Waals surface area contributed by atoms with Crippen molar-refractivity contribution in [2.45, 2.75) is 0 Å². The molecule has 2 N–H and O–H groups in total. The first-order valence-electron chi connectivity index (χ1n) is 8.39. The lowest BCUT2D eigenvalue weighted by atomic mass is 10.1. The topological polar surface area (TPSA) is 70.6 Å². The van der Waals surface area contributed by atoms with Crippen molar-refractivity contribution in [1.29, 1.82) is 0 Å². The summed E-state index contributed by atoms with van der Waals surface area (Å²) in [6, 6.07) is 18.7. The van der Waals surface area contributed by atoms with Gasteiger partial charge in [0.05, 0.1) is 27.5 Å². The third kappa shape index (κ3) is 5.44. The quantitative estimate of drug-likeness (QED) is 0.352. The van der Waals surface area contributed by atoms with Gasteiger partial charge in [-0.3, -0.25) is 9.59 Å². The molecule has 0 saturated carbocycles. The van der Waals surface area contributed by atoms with Gasteiger partial charge in [0, 0.05) is 15.6 Å². The second-order valence-corrected chi connectivity index (χ2v) is 7.55. The fourth-order valence-electron chi connectivity index (χ4n) is 2.46. The Labute approximate surface area is 185 Å². The number of hydrogen-bond acceptors (Lipinski definition) is 3. The van der Waals surface area contributed by atoms with E-state index < -0.39 is 5.91 Å². The van der Waals surface area contributed by atoms with Crippen LogP contribution in [0.3, 0.4) is 0 Å². The predicted octanol–water partition coefficient (Wildman–Crippen LogP) is 5.77. The lowest BCUT2D eigenvalue weighted by Gasteiger charge is -2.10. The van der Waals surface area contributed by atoms with E-state index in [4.69, 9.17) is 23.2 Å². The number of hydrogen-bond donors (Lipinski definition) is 2. The summed E-state index contributed by atoms with van der Waals surface area (Å²) in [5.41, 5.74) is 4.09. The summed E-state index contributed by atoms with van der Waals surface area (Å²) in [6.07, 6.45) is 1.40. The number of carbonyl (C=O) groups is 2. The number of halogens is 3. The molecule has 0 bridgehead atoms. The van der Waals surface area contributed by atoms with Crippen LogP contribution in [0.5, 0.6) is 0 Å². The van der Waals surface area contributed by atoms with Gasteiger partial charge in [-0.25, -0.2) is 5.43 Å². The van der Waals surface area contributed by atoms with Crippen molar-refractivity contribution in [1.82, 2.24) is 5.43 Å². The number of rotatable bonds is 5. The van der Waals surface area contributed by atoms with Gasteiger partial charge in [0.1, 0.15) is 0 Å². The SMILES string of the molecule is O=C(Nc1ccccc1C(=O)N/N=C/c1cccc(Cl)c1Cl)c1cccc(Br)c1. The van der Waals surface area contributed by atoms with Crippen molar-refractivity contribution in [3.63, 3.8) is 0 Å². The number of benzene rings is 3. The summed E-state index contributed by atoms with van der Waals surface area (Å²) in [6.45, 7) is 0. The van der Waals surface area contributed by atoms with Crippen LogP contribution in [-0.4, -0.2) is 18.0 Å². The summed E-state index contributed by atoms with van der Waals surface area (Å²) in [5.74, 6) is -0.815.